The number of fused-ring (bicyclic) bond motifs is 1. The molecule has 2 heterocycles. The van der Waals surface area contributed by atoms with E-state index in [1.54, 1.807) is 6.07 Å². The third kappa shape index (κ3) is 4.55. The van der Waals surface area contributed by atoms with Crippen LogP contribution >= 0.6 is 11.6 Å². The number of likely N-dealkylation sites (tertiary alicyclic amines) is 1. The average Bonchev–Trinajstić information content (AvgIpc) is 2.91. The lowest BCUT2D eigenvalue weighted by molar-refractivity contribution is 0.208. The van der Waals surface area contributed by atoms with Crippen molar-refractivity contribution in [3.63, 3.8) is 0 Å². The van der Waals surface area contributed by atoms with Gasteiger partial charge in [-0.05, 0) is 88.2 Å². The summed E-state index contributed by atoms with van der Waals surface area (Å²) in [5.74, 6) is 1.29. The van der Waals surface area contributed by atoms with Crippen LogP contribution in [0.15, 0.2) is 22.7 Å². The van der Waals surface area contributed by atoms with Crippen LogP contribution in [0.3, 0.4) is 0 Å². The van der Waals surface area contributed by atoms with Crippen LogP contribution in [0, 0.1) is 5.82 Å². The lowest BCUT2D eigenvalue weighted by Crippen LogP contribution is -2.33. The van der Waals surface area contributed by atoms with Gasteiger partial charge in [0.1, 0.15) is 11.6 Å². The van der Waals surface area contributed by atoms with Crippen LogP contribution in [-0.4, -0.2) is 29.7 Å². The van der Waals surface area contributed by atoms with Crippen molar-refractivity contribution in [3.8, 4) is 0 Å². The van der Waals surface area contributed by atoms with Crippen LogP contribution in [0.5, 0.6) is 0 Å². The maximum atomic E-state index is 13.4. The van der Waals surface area contributed by atoms with E-state index in [9.17, 15) is 4.39 Å². The van der Waals surface area contributed by atoms with E-state index in [0.29, 0.717) is 5.92 Å². The Kier molecular flexibility index (Phi) is 6.14. The first kappa shape index (κ1) is 18.9. The molecule has 0 unspecified atom stereocenters. The number of aryl methyl sites for hydroxylation is 2. The molecule has 0 amide bonds. The Morgan fingerprint density at radius 3 is 2.78 bits per heavy atom. The van der Waals surface area contributed by atoms with Crippen LogP contribution in [0.4, 0.5) is 4.39 Å². The molecule has 1 aromatic heterocycles. The molecule has 2 aliphatic rings. The Balaban J connectivity index is 1.24. The highest BCUT2D eigenvalue weighted by Crippen LogP contribution is 2.31. The first-order chi connectivity index (χ1) is 13.2. The molecule has 27 heavy (non-hydrogen) atoms. The van der Waals surface area contributed by atoms with E-state index in [0.717, 1.165) is 63.9 Å². The van der Waals surface area contributed by atoms with Gasteiger partial charge in [-0.1, -0.05) is 29.2 Å². The van der Waals surface area contributed by atoms with E-state index in [1.807, 2.05) is 6.07 Å². The van der Waals surface area contributed by atoms with Crippen molar-refractivity contribution >= 4 is 11.6 Å². The predicted octanol–water partition coefficient (Wildman–Crippen LogP) is 5.55. The molecular weight excluding hydrogens is 363 g/mol. The first-order valence-corrected chi connectivity index (χ1v) is 10.7. The zero-order valence-corrected chi connectivity index (χ0v) is 16.6. The summed E-state index contributed by atoms with van der Waals surface area (Å²) in [6, 6.07) is 5.17. The smallest absolute Gasteiger partial charge is 0.141 e. The van der Waals surface area contributed by atoms with E-state index < -0.39 is 0 Å². The molecule has 2 aromatic rings. The van der Waals surface area contributed by atoms with Gasteiger partial charge in [-0.2, -0.15) is 0 Å². The minimum atomic E-state index is -0.330. The van der Waals surface area contributed by atoms with Crippen molar-refractivity contribution in [2.24, 2.45) is 0 Å². The Morgan fingerprint density at radius 1 is 1.15 bits per heavy atom. The van der Waals surface area contributed by atoms with E-state index in [2.05, 4.69) is 10.1 Å². The highest BCUT2D eigenvalue weighted by Gasteiger charge is 2.22. The fourth-order valence-electron chi connectivity index (χ4n) is 4.55. The standard InChI is InChI=1S/C22H28ClFN2O/c23-19-15-17(8-9-20(19)24)16-10-13-26(14-11-16)12-4-7-22-18-5-2-1-3-6-21(18)25-27-22/h8-9,15-16H,1-7,10-14H2. The molecular formula is C22H28ClFN2O. The lowest BCUT2D eigenvalue weighted by atomic mass is 9.89. The predicted molar refractivity (Wildman–Crippen MR) is 106 cm³/mol. The van der Waals surface area contributed by atoms with Crippen molar-refractivity contribution in [1.29, 1.82) is 0 Å². The molecule has 0 bridgehead atoms. The number of hydrogen-bond acceptors (Lipinski definition) is 3. The number of halogens is 2. The van der Waals surface area contributed by atoms with Gasteiger partial charge in [-0.15, -0.1) is 0 Å². The van der Waals surface area contributed by atoms with Crippen LogP contribution in [-0.2, 0) is 19.3 Å². The van der Waals surface area contributed by atoms with E-state index in [4.69, 9.17) is 16.1 Å². The van der Waals surface area contributed by atoms with Crippen LogP contribution in [0.1, 0.15) is 67.0 Å². The van der Waals surface area contributed by atoms with Gasteiger partial charge in [0.15, 0.2) is 0 Å². The van der Waals surface area contributed by atoms with Gasteiger partial charge < -0.3 is 9.42 Å². The van der Waals surface area contributed by atoms with Crippen molar-refractivity contribution in [2.45, 2.75) is 63.7 Å². The summed E-state index contributed by atoms with van der Waals surface area (Å²) in [6.07, 6.45) is 10.4. The molecule has 0 atom stereocenters. The summed E-state index contributed by atoms with van der Waals surface area (Å²) < 4.78 is 19.0. The summed E-state index contributed by atoms with van der Waals surface area (Å²) in [4.78, 5) is 2.54. The normalized spacial score (nSPS) is 19.0. The Labute approximate surface area is 165 Å². The zero-order chi connectivity index (χ0) is 18.6. The molecule has 0 spiro atoms. The maximum Gasteiger partial charge on any atom is 0.141 e. The van der Waals surface area contributed by atoms with Gasteiger partial charge in [0.25, 0.3) is 0 Å². The molecule has 3 nitrogen and oxygen atoms in total. The number of aromatic nitrogens is 1. The molecule has 0 radical (unpaired) electrons. The summed E-state index contributed by atoms with van der Waals surface area (Å²) >= 11 is 5.94. The molecule has 5 heteroatoms. The van der Waals surface area contributed by atoms with Crippen molar-refractivity contribution < 1.29 is 8.91 Å². The minimum Gasteiger partial charge on any atom is -0.361 e. The van der Waals surface area contributed by atoms with E-state index >= 15 is 0 Å². The molecule has 0 N–H and O–H groups in total. The van der Waals surface area contributed by atoms with Crippen molar-refractivity contribution in [1.82, 2.24) is 10.1 Å². The number of piperidine rings is 1. The largest absolute Gasteiger partial charge is 0.361 e. The quantitative estimate of drug-likeness (QED) is 0.627. The van der Waals surface area contributed by atoms with Gasteiger partial charge in [-0.25, -0.2) is 4.39 Å². The van der Waals surface area contributed by atoms with Crippen LogP contribution in [0.2, 0.25) is 5.02 Å². The van der Waals surface area contributed by atoms with Gasteiger partial charge in [0.05, 0.1) is 10.7 Å². The summed E-state index contributed by atoms with van der Waals surface area (Å²) in [5, 5.41) is 4.55. The number of nitrogens with zero attached hydrogens (tertiary/aromatic N) is 2. The van der Waals surface area contributed by atoms with Crippen molar-refractivity contribution in [2.75, 3.05) is 19.6 Å². The van der Waals surface area contributed by atoms with Gasteiger partial charge in [0, 0.05) is 12.0 Å². The highest BCUT2D eigenvalue weighted by atomic mass is 35.5. The number of rotatable bonds is 5. The third-order valence-electron chi connectivity index (χ3n) is 6.17. The minimum absolute atomic E-state index is 0.237. The number of benzene rings is 1. The second-order valence-corrected chi connectivity index (χ2v) is 8.39. The monoisotopic (exact) mass is 390 g/mol. The van der Waals surface area contributed by atoms with Gasteiger partial charge in [-0.3, -0.25) is 0 Å². The second kappa shape index (κ2) is 8.74. The molecule has 1 aliphatic heterocycles. The second-order valence-electron chi connectivity index (χ2n) is 7.98. The molecule has 4 rings (SSSR count). The Hall–Kier alpha value is -1.39. The molecule has 146 valence electrons. The lowest BCUT2D eigenvalue weighted by Gasteiger charge is -2.32. The number of hydrogen-bond donors (Lipinski definition) is 0. The third-order valence-corrected chi connectivity index (χ3v) is 6.46. The van der Waals surface area contributed by atoms with Crippen molar-refractivity contribution in [3.05, 3.63) is 51.6 Å². The zero-order valence-electron chi connectivity index (χ0n) is 15.9. The van der Waals surface area contributed by atoms with Gasteiger partial charge >= 0.3 is 0 Å². The SMILES string of the molecule is Fc1ccc(C2CCN(CCCc3onc4c3CCCCC4)CC2)cc1Cl. The highest BCUT2D eigenvalue weighted by molar-refractivity contribution is 6.30. The first-order valence-electron chi connectivity index (χ1n) is 10.3. The molecule has 0 saturated carbocycles. The van der Waals surface area contributed by atoms with E-state index in [1.165, 1.54) is 42.1 Å². The Bertz CT molecular complexity index is 768. The summed E-state index contributed by atoms with van der Waals surface area (Å²) in [5.41, 5.74) is 3.78. The molecule has 1 aliphatic carbocycles. The topological polar surface area (TPSA) is 29.3 Å². The fourth-order valence-corrected chi connectivity index (χ4v) is 4.74. The fraction of sp³-hybridized carbons (Fsp3) is 0.591. The maximum absolute atomic E-state index is 13.4. The molecule has 1 saturated heterocycles. The average molecular weight is 391 g/mol. The molecule has 1 aromatic carbocycles. The molecule has 1 fully saturated rings. The van der Waals surface area contributed by atoms with Crippen LogP contribution in [0.25, 0.3) is 0 Å². The Morgan fingerprint density at radius 2 is 1.96 bits per heavy atom. The van der Waals surface area contributed by atoms with E-state index in [-0.39, 0.29) is 10.8 Å². The summed E-state index contributed by atoms with van der Waals surface area (Å²) in [6.45, 7) is 3.29. The van der Waals surface area contributed by atoms with Crippen LogP contribution < -0.4 is 0 Å². The van der Waals surface area contributed by atoms with Gasteiger partial charge in [0.2, 0.25) is 0 Å². The summed E-state index contributed by atoms with van der Waals surface area (Å²) in [7, 11) is 0.